The van der Waals surface area contributed by atoms with E-state index in [4.69, 9.17) is 5.73 Å². The maximum atomic E-state index is 11.2. The second-order valence-corrected chi connectivity index (χ2v) is 3.50. The molecule has 1 atom stereocenters. The molecule has 1 rings (SSSR count). The Morgan fingerprint density at radius 1 is 1.17 bits per heavy atom. The van der Waals surface area contributed by atoms with Crippen molar-refractivity contribution in [2.24, 2.45) is 5.73 Å². The first-order chi connectivity index (χ1) is 8.08. The van der Waals surface area contributed by atoms with Gasteiger partial charge in [-0.2, -0.15) is 0 Å². The van der Waals surface area contributed by atoms with Crippen molar-refractivity contribution in [2.45, 2.75) is 12.5 Å². The van der Waals surface area contributed by atoms with E-state index < -0.39 is 12.0 Å². The molecule has 0 spiro atoms. The van der Waals surface area contributed by atoms with Crippen LogP contribution < -0.4 is 5.73 Å². The van der Waals surface area contributed by atoms with Gasteiger partial charge in [0.15, 0.2) is 0 Å². The predicted octanol–water partition coefficient (Wildman–Crippen LogP) is 1.46. The lowest BCUT2D eigenvalue weighted by atomic mass is 10.0. The first kappa shape index (κ1) is 16.4. The summed E-state index contributed by atoms with van der Waals surface area (Å²) in [5.74, 6) is -0.771. The van der Waals surface area contributed by atoms with Crippen molar-refractivity contribution in [2.75, 3.05) is 14.2 Å². The van der Waals surface area contributed by atoms with Gasteiger partial charge in [0.25, 0.3) is 0 Å². The summed E-state index contributed by atoms with van der Waals surface area (Å²) in [6.45, 7) is 0. The predicted molar refractivity (Wildman–Crippen MR) is 68.6 cm³/mol. The molecule has 0 aliphatic rings. The Kier molecular flexibility index (Phi) is 7.00. The van der Waals surface area contributed by atoms with Gasteiger partial charge in [-0.3, -0.25) is 4.79 Å². The zero-order valence-electron chi connectivity index (χ0n) is 10.2. The number of carbonyl (C=O) groups excluding carboxylic acids is 2. The van der Waals surface area contributed by atoms with E-state index in [2.05, 4.69) is 9.47 Å². The van der Waals surface area contributed by atoms with E-state index in [1.807, 2.05) is 0 Å². The number of methoxy groups -OCH3 is 2. The molecule has 18 heavy (non-hydrogen) atoms. The first-order valence-electron chi connectivity index (χ1n) is 5.09. The van der Waals surface area contributed by atoms with Crippen molar-refractivity contribution in [1.29, 1.82) is 0 Å². The summed E-state index contributed by atoms with van der Waals surface area (Å²) in [6, 6.07) is 6.17. The van der Waals surface area contributed by atoms with Gasteiger partial charge in [-0.25, -0.2) is 4.79 Å². The lowest BCUT2D eigenvalue weighted by Crippen LogP contribution is -2.16. The van der Waals surface area contributed by atoms with Gasteiger partial charge in [-0.15, -0.1) is 12.4 Å². The number of hydrogen-bond donors (Lipinski definition) is 1. The van der Waals surface area contributed by atoms with Crippen molar-refractivity contribution < 1.29 is 19.1 Å². The molecular formula is C12H16ClNO4. The number of benzene rings is 1. The van der Waals surface area contributed by atoms with E-state index in [-0.39, 0.29) is 24.8 Å². The van der Waals surface area contributed by atoms with E-state index in [0.717, 1.165) is 5.56 Å². The largest absolute Gasteiger partial charge is 0.469 e. The highest BCUT2D eigenvalue weighted by Crippen LogP contribution is 2.15. The maximum Gasteiger partial charge on any atom is 0.337 e. The van der Waals surface area contributed by atoms with Crippen LogP contribution in [-0.2, 0) is 14.3 Å². The molecule has 0 amide bonds. The number of rotatable bonds is 4. The average Bonchev–Trinajstić information content (AvgIpc) is 2.37. The third kappa shape index (κ3) is 4.35. The highest BCUT2D eigenvalue weighted by atomic mass is 35.5. The Balaban J connectivity index is 0.00000289. The lowest BCUT2D eigenvalue weighted by Gasteiger charge is -2.10. The molecule has 0 aliphatic heterocycles. The molecule has 0 saturated heterocycles. The first-order valence-corrected chi connectivity index (χ1v) is 5.09. The highest BCUT2D eigenvalue weighted by Gasteiger charge is 2.12. The molecule has 2 N–H and O–H groups in total. The Morgan fingerprint density at radius 2 is 1.72 bits per heavy atom. The summed E-state index contributed by atoms with van der Waals surface area (Å²) in [6.07, 6.45) is 0.105. The molecular weight excluding hydrogens is 258 g/mol. The van der Waals surface area contributed by atoms with Crippen LogP contribution in [0.15, 0.2) is 24.3 Å². The van der Waals surface area contributed by atoms with Crippen molar-refractivity contribution in [3.8, 4) is 0 Å². The van der Waals surface area contributed by atoms with Crippen molar-refractivity contribution in [3.63, 3.8) is 0 Å². The van der Waals surface area contributed by atoms with Crippen molar-refractivity contribution >= 4 is 24.3 Å². The number of esters is 2. The fourth-order valence-electron chi connectivity index (χ4n) is 1.36. The minimum Gasteiger partial charge on any atom is -0.469 e. The van der Waals surface area contributed by atoms with Crippen molar-refractivity contribution in [1.82, 2.24) is 0 Å². The summed E-state index contributed by atoms with van der Waals surface area (Å²) >= 11 is 0. The minimum absolute atomic E-state index is 0. The zero-order valence-corrected chi connectivity index (χ0v) is 11.0. The van der Waals surface area contributed by atoms with Crippen LogP contribution in [0.5, 0.6) is 0 Å². The van der Waals surface area contributed by atoms with Crippen LogP contribution in [0.1, 0.15) is 28.4 Å². The van der Waals surface area contributed by atoms with Gasteiger partial charge in [0.1, 0.15) is 0 Å². The summed E-state index contributed by atoms with van der Waals surface area (Å²) in [5, 5.41) is 0. The lowest BCUT2D eigenvalue weighted by molar-refractivity contribution is -0.141. The van der Waals surface area contributed by atoms with Crippen LogP contribution in [0.25, 0.3) is 0 Å². The molecule has 0 fully saturated rings. The number of carbonyl (C=O) groups is 2. The summed E-state index contributed by atoms with van der Waals surface area (Å²) < 4.78 is 9.10. The van der Waals surface area contributed by atoms with Crippen LogP contribution in [0.4, 0.5) is 0 Å². The zero-order chi connectivity index (χ0) is 12.8. The molecule has 0 aromatic heterocycles. The fourth-order valence-corrected chi connectivity index (χ4v) is 1.36. The Bertz CT molecular complexity index is 405. The molecule has 0 unspecified atom stereocenters. The van der Waals surface area contributed by atoms with E-state index in [1.165, 1.54) is 14.2 Å². The van der Waals surface area contributed by atoms with Gasteiger partial charge >= 0.3 is 11.9 Å². The maximum absolute atomic E-state index is 11.2. The van der Waals surface area contributed by atoms with E-state index in [0.29, 0.717) is 5.56 Å². The molecule has 1 aromatic carbocycles. The summed E-state index contributed by atoms with van der Waals surface area (Å²) in [5.41, 5.74) is 7.03. The van der Waals surface area contributed by atoms with Crippen LogP contribution in [0, 0.1) is 0 Å². The van der Waals surface area contributed by atoms with Gasteiger partial charge < -0.3 is 15.2 Å². The molecule has 6 heteroatoms. The fraction of sp³-hybridized carbons (Fsp3) is 0.333. The number of nitrogens with two attached hydrogens (primary N) is 1. The third-order valence-corrected chi connectivity index (χ3v) is 2.37. The Morgan fingerprint density at radius 3 is 2.17 bits per heavy atom. The topological polar surface area (TPSA) is 78.6 Å². The van der Waals surface area contributed by atoms with Crippen LogP contribution in [0.3, 0.4) is 0 Å². The number of hydrogen-bond acceptors (Lipinski definition) is 5. The standard InChI is InChI=1S/C12H15NO4.ClH/c1-16-11(14)7-10(13)8-3-5-9(6-4-8)12(15)17-2;/h3-6,10H,7,13H2,1-2H3;1H/t10-;/m1./s1. The van der Waals surface area contributed by atoms with Crippen molar-refractivity contribution in [3.05, 3.63) is 35.4 Å². The molecule has 1 aromatic rings. The summed E-state index contributed by atoms with van der Waals surface area (Å²) in [7, 11) is 2.63. The second kappa shape index (κ2) is 7.68. The highest BCUT2D eigenvalue weighted by molar-refractivity contribution is 5.89. The van der Waals surface area contributed by atoms with Gasteiger partial charge in [0, 0.05) is 6.04 Å². The van der Waals surface area contributed by atoms with E-state index >= 15 is 0 Å². The molecule has 0 radical (unpaired) electrons. The van der Waals surface area contributed by atoms with Gasteiger partial charge in [-0.1, -0.05) is 12.1 Å². The number of halogens is 1. The van der Waals surface area contributed by atoms with Gasteiger partial charge in [-0.05, 0) is 17.7 Å². The van der Waals surface area contributed by atoms with Crippen LogP contribution in [0.2, 0.25) is 0 Å². The Labute approximate surface area is 112 Å². The third-order valence-electron chi connectivity index (χ3n) is 2.37. The smallest absolute Gasteiger partial charge is 0.337 e. The average molecular weight is 274 g/mol. The normalized spacial score (nSPS) is 11.1. The second-order valence-electron chi connectivity index (χ2n) is 3.50. The Hall–Kier alpha value is -1.59. The van der Waals surface area contributed by atoms with Crippen LogP contribution >= 0.6 is 12.4 Å². The molecule has 100 valence electrons. The van der Waals surface area contributed by atoms with E-state index in [1.54, 1.807) is 24.3 Å². The van der Waals surface area contributed by atoms with E-state index in [9.17, 15) is 9.59 Å². The molecule has 0 saturated carbocycles. The number of ether oxygens (including phenoxy) is 2. The molecule has 0 heterocycles. The SMILES string of the molecule is COC(=O)C[C@@H](N)c1ccc(C(=O)OC)cc1.Cl. The summed E-state index contributed by atoms with van der Waals surface area (Å²) in [4.78, 5) is 22.2. The molecule has 0 bridgehead atoms. The van der Waals surface area contributed by atoms with Gasteiger partial charge in [0.05, 0.1) is 26.2 Å². The van der Waals surface area contributed by atoms with Gasteiger partial charge in [0.2, 0.25) is 0 Å². The quantitative estimate of drug-likeness (QED) is 0.840. The monoisotopic (exact) mass is 273 g/mol. The molecule has 0 aliphatic carbocycles. The van der Waals surface area contributed by atoms with Crippen LogP contribution in [-0.4, -0.2) is 26.2 Å². The molecule has 5 nitrogen and oxygen atoms in total. The minimum atomic E-state index is -0.436.